The van der Waals surface area contributed by atoms with Gasteiger partial charge in [-0.05, 0) is 27.2 Å². The van der Waals surface area contributed by atoms with E-state index in [1.807, 2.05) is 0 Å². The SMILES string of the molecule is CC(C)(C)OC(=O)[C@H](CCC(=O)O)NC(=O)CC[PH](=O)O. The third-order valence-electron chi connectivity index (χ3n) is 2.24. The fourth-order valence-electron chi connectivity index (χ4n) is 1.38. The Morgan fingerprint density at radius 3 is 2.24 bits per heavy atom. The van der Waals surface area contributed by atoms with Crippen molar-refractivity contribution in [1.82, 2.24) is 5.32 Å². The zero-order valence-electron chi connectivity index (χ0n) is 12.3. The van der Waals surface area contributed by atoms with Crippen LogP contribution < -0.4 is 5.32 Å². The Morgan fingerprint density at radius 1 is 1.24 bits per heavy atom. The van der Waals surface area contributed by atoms with Crippen LogP contribution in [0.3, 0.4) is 0 Å². The predicted octanol–water partition coefficient (Wildman–Crippen LogP) is 0.535. The second-order valence-electron chi connectivity index (χ2n) is 5.48. The van der Waals surface area contributed by atoms with Gasteiger partial charge in [-0.3, -0.25) is 14.2 Å². The van der Waals surface area contributed by atoms with Gasteiger partial charge in [0.2, 0.25) is 5.91 Å². The highest BCUT2D eigenvalue weighted by atomic mass is 31.1. The summed E-state index contributed by atoms with van der Waals surface area (Å²) in [5.74, 6) is -2.42. The molecule has 122 valence electrons. The molecule has 0 bridgehead atoms. The zero-order chi connectivity index (χ0) is 16.6. The second kappa shape index (κ2) is 8.79. The van der Waals surface area contributed by atoms with Crippen molar-refractivity contribution < 1.29 is 33.7 Å². The normalized spacial score (nSPS) is 14.1. The molecule has 1 amide bonds. The second-order valence-corrected chi connectivity index (χ2v) is 6.77. The Morgan fingerprint density at radius 2 is 1.81 bits per heavy atom. The molecule has 1 unspecified atom stereocenters. The minimum absolute atomic E-state index is 0.107. The summed E-state index contributed by atoms with van der Waals surface area (Å²) >= 11 is 0. The van der Waals surface area contributed by atoms with Crippen molar-refractivity contribution in [1.29, 1.82) is 0 Å². The molecule has 0 aromatic carbocycles. The number of carboxylic acid groups (broad SMARTS) is 1. The zero-order valence-corrected chi connectivity index (χ0v) is 13.3. The first-order valence-corrected chi connectivity index (χ1v) is 8.03. The van der Waals surface area contributed by atoms with E-state index in [9.17, 15) is 18.9 Å². The summed E-state index contributed by atoms with van der Waals surface area (Å²) in [5, 5.41) is 11.0. The predicted molar refractivity (Wildman–Crippen MR) is 75.3 cm³/mol. The first-order valence-electron chi connectivity index (χ1n) is 6.47. The Labute approximate surface area is 123 Å². The van der Waals surface area contributed by atoms with Crippen LogP contribution in [0, 0.1) is 0 Å². The summed E-state index contributed by atoms with van der Waals surface area (Å²) in [6.07, 6.45) is -0.803. The van der Waals surface area contributed by atoms with Gasteiger partial charge in [0.25, 0.3) is 0 Å². The maximum absolute atomic E-state index is 11.9. The lowest BCUT2D eigenvalue weighted by Gasteiger charge is -2.24. The fourth-order valence-corrected chi connectivity index (χ4v) is 1.82. The lowest BCUT2D eigenvalue weighted by atomic mass is 10.1. The maximum atomic E-state index is 11.9. The summed E-state index contributed by atoms with van der Waals surface area (Å²) in [6.45, 7) is 4.95. The minimum atomic E-state index is -2.76. The van der Waals surface area contributed by atoms with E-state index in [0.29, 0.717) is 0 Å². The van der Waals surface area contributed by atoms with Gasteiger partial charge in [0.1, 0.15) is 11.6 Å². The Bertz CT molecular complexity index is 416. The van der Waals surface area contributed by atoms with Gasteiger partial charge in [-0.1, -0.05) is 0 Å². The number of esters is 1. The molecule has 0 spiro atoms. The molecule has 0 saturated carbocycles. The molecule has 0 aliphatic heterocycles. The van der Waals surface area contributed by atoms with Gasteiger partial charge < -0.3 is 20.1 Å². The van der Waals surface area contributed by atoms with Gasteiger partial charge >= 0.3 is 11.9 Å². The molecular weight excluding hydrogens is 301 g/mol. The molecule has 21 heavy (non-hydrogen) atoms. The number of carbonyl (C=O) groups is 3. The number of hydrogen-bond acceptors (Lipinski definition) is 5. The van der Waals surface area contributed by atoms with Gasteiger partial charge in [-0.15, -0.1) is 0 Å². The van der Waals surface area contributed by atoms with Crippen LogP contribution >= 0.6 is 8.03 Å². The van der Waals surface area contributed by atoms with E-state index >= 15 is 0 Å². The van der Waals surface area contributed by atoms with Gasteiger partial charge in [0.15, 0.2) is 8.03 Å². The molecular formula is C12H22NO7P. The van der Waals surface area contributed by atoms with Crippen LogP contribution in [0.1, 0.15) is 40.0 Å². The molecule has 0 fully saturated rings. The lowest BCUT2D eigenvalue weighted by molar-refractivity contribution is -0.159. The summed E-state index contributed by atoms with van der Waals surface area (Å²) in [6, 6.07) is -1.09. The number of carboxylic acids is 1. The van der Waals surface area contributed by atoms with Crippen LogP contribution in [0.2, 0.25) is 0 Å². The number of hydrogen-bond donors (Lipinski definition) is 3. The first kappa shape index (κ1) is 19.6. The monoisotopic (exact) mass is 323 g/mol. The van der Waals surface area contributed by atoms with Crippen molar-refractivity contribution in [3.63, 3.8) is 0 Å². The lowest BCUT2D eigenvalue weighted by Crippen LogP contribution is -2.44. The van der Waals surface area contributed by atoms with Crippen LogP contribution in [0.5, 0.6) is 0 Å². The standard InChI is InChI=1S/C12H22NO7P/c1-12(2,3)20-11(17)8(4-5-10(15)16)13-9(14)6-7-21(18)19/h8,21H,4-7H2,1-3H3,(H,13,14)(H,15,16)(H,18,19)/t8-/m0/s1. The molecule has 8 nitrogen and oxygen atoms in total. The Balaban J connectivity index is 4.65. The van der Waals surface area contributed by atoms with Gasteiger partial charge in [0, 0.05) is 19.0 Å². The molecule has 0 radical (unpaired) electrons. The Kier molecular flexibility index (Phi) is 8.21. The van der Waals surface area contributed by atoms with Crippen molar-refractivity contribution in [3.05, 3.63) is 0 Å². The summed E-state index contributed by atoms with van der Waals surface area (Å²) in [7, 11) is -2.76. The summed E-state index contributed by atoms with van der Waals surface area (Å²) < 4.78 is 15.7. The number of nitrogens with one attached hydrogen (secondary N) is 1. The van der Waals surface area contributed by atoms with E-state index in [4.69, 9.17) is 14.7 Å². The van der Waals surface area contributed by atoms with Crippen LogP contribution in [0.4, 0.5) is 0 Å². The average molecular weight is 323 g/mol. The molecule has 3 N–H and O–H groups in total. The highest BCUT2D eigenvalue weighted by Gasteiger charge is 2.27. The van der Waals surface area contributed by atoms with E-state index < -0.39 is 37.5 Å². The molecule has 0 aromatic rings. The van der Waals surface area contributed by atoms with Crippen molar-refractivity contribution in [2.45, 2.75) is 51.7 Å². The summed E-state index contributed by atoms with van der Waals surface area (Å²) in [4.78, 5) is 42.7. The number of carbonyl (C=O) groups excluding carboxylic acids is 2. The third-order valence-corrected chi connectivity index (χ3v) is 2.92. The summed E-state index contributed by atoms with van der Waals surface area (Å²) in [5.41, 5.74) is -0.764. The van der Waals surface area contributed by atoms with Crippen molar-refractivity contribution in [3.8, 4) is 0 Å². The highest BCUT2D eigenvalue weighted by molar-refractivity contribution is 7.38. The van der Waals surface area contributed by atoms with E-state index in [0.717, 1.165) is 0 Å². The van der Waals surface area contributed by atoms with Crippen LogP contribution in [0.25, 0.3) is 0 Å². The molecule has 0 aromatic heterocycles. The number of rotatable bonds is 8. The molecule has 0 aliphatic rings. The topological polar surface area (TPSA) is 130 Å². The number of ether oxygens (including phenoxy) is 1. The van der Waals surface area contributed by atoms with Crippen molar-refractivity contribution in [2.75, 3.05) is 6.16 Å². The number of aliphatic carboxylic acids is 1. The van der Waals surface area contributed by atoms with Gasteiger partial charge in [-0.25, -0.2) is 4.79 Å². The molecule has 0 rings (SSSR count). The van der Waals surface area contributed by atoms with Crippen molar-refractivity contribution in [2.24, 2.45) is 0 Å². The molecule has 0 saturated heterocycles. The van der Waals surface area contributed by atoms with Gasteiger partial charge in [0.05, 0.1) is 0 Å². The van der Waals surface area contributed by atoms with Crippen LogP contribution in [0.15, 0.2) is 0 Å². The Hall–Kier alpha value is -1.40. The average Bonchev–Trinajstić information content (AvgIpc) is 2.29. The van der Waals surface area contributed by atoms with Gasteiger partial charge in [-0.2, -0.15) is 0 Å². The fraction of sp³-hybridized carbons (Fsp3) is 0.750. The minimum Gasteiger partial charge on any atom is -0.481 e. The van der Waals surface area contributed by atoms with Crippen LogP contribution in [-0.4, -0.2) is 45.7 Å². The van der Waals surface area contributed by atoms with E-state index in [-0.39, 0.29) is 25.4 Å². The van der Waals surface area contributed by atoms with E-state index in [1.165, 1.54) is 0 Å². The highest BCUT2D eigenvalue weighted by Crippen LogP contribution is 2.14. The molecule has 0 aliphatic carbocycles. The van der Waals surface area contributed by atoms with Crippen molar-refractivity contribution >= 4 is 25.9 Å². The van der Waals surface area contributed by atoms with E-state index in [1.54, 1.807) is 20.8 Å². The van der Waals surface area contributed by atoms with Crippen LogP contribution in [-0.2, 0) is 23.7 Å². The third kappa shape index (κ3) is 11.0. The quantitative estimate of drug-likeness (QED) is 0.439. The largest absolute Gasteiger partial charge is 0.481 e. The molecule has 9 heteroatoms. The maximum Gasteiger partial charge on any atom is 0.329 e. The first-order chi connectivity index (χ1) is 9.51. The van der Waals surface area contributed by atoms with E-state index in [2.05, 4.69) is 5.32 Å². The molecule has 0 heterocycles. The molecule has 2 atom stereocenters. The smallest absolute Gasteiger partial charge is 0.329 e. The number of amides is 1.